The molecule has 0 radical (unpaired) electrons. The van der Waals surface area contributed by atoms with Gasteiger partial charge in [-0.25, -0.2) is 0 Å². The second-order valence-corrected chi connectivity index (χ2v) is 8.38. The van der Waals surface area contributed by atoms with Gasteiger partial charge in [0, 0.05) is 30.1 Å². The van der Waals surface area contributed by atoms with Gasteiger partial charge in [-0.05, 0) is 41.5 Å². The Morgan fingerprint density at radius 3 is 2.49 bits per heavy atom. The lowest BCUT2D eigenvalue weighted by atomic mass is 10.0. The molecule has 7 nitrogen and oxygen atoms in total. The molecule has 2 amide bonds. The van der Waals surface area contributed by atoms with E-state index in [1.54, 1.807) is 50.6 Å². The molecule has 4 aromatic rings. The van der Waals surface area contributed by atoms with Gasteiger partial charge in [0.1, 0.15) is 6.04 Å². The molecule has 180 valence electrons. The number of aromatic nitrogens is 1. The second kappa shape index (κ2) is 11.0. The summed E-state index contributed by atoms with van der Waals surface area (Å²) in [7, 11) is 3.12. The molecule has 1 aromatic heterocycles. The number of H-pyrrole nitrogens is 1. The van der Waals surface area contributed by atoms with Gasteiger partial charge in [0.2, 0.25) is 5.91 Å². The number of carbonyl (C=O) groups is 2. The molecule has 0 spiro atoms. The van der Waals surface area contributed by atoms with Gasteiger partial charge in [0.25, 0.3) is 5.91 Å². The van der Waals surface area contributed by atoms with E-state index < -0.39 is 11.9 Å². The molecule has 0 fully saturated rings. The minimum Gasteiger partial charge on any atom is -0.493 e. The van der Waals surface area contributed by atoms with Crippen molar-refractivity contribution in [2.75, 3.05) is 14.2 Å². The van der Waals surface area contributed by atoms with E-state index in [1.165, 1.54) is 0 Å². The van der Waals surface area contributed by atoms with E-state index in [9.17, 15) is 9.59 Å². The zero-order valence-electron chi connectivity index (χ0n) is 19.4. The lowest BCUT2D eigenvalue weighted by Gasteiger charge is -2.19. The number of para-hydroxylation sites is 1. The average molecular weight is 492 g/mol. The molecule has 0 bridgehead atoms. The maximum Gasteiger partial charge on any atom is 0.253 e. The molecular weight excluding hydrogens is 466 g/mol. The van der Waals surface area contributed by atoms with Crippen LogP contribution in [0.4, 0.5) is 0 Å². The summed E-state index contributed by atoms with van der Waals surface area (Å²) in [5, 5.41) is 7.10. The third-order valence-electron chi connectivity index (χ3n) is 5.75. The van der Waals surface area contributed by atoms with Crippen molar-refractivity contribution >= 4 is 34.3 Å². The van der Waals surface area contributed by atoms with Crippen LogP contribution in [0.5, 0.6) is 11.5 Å². The van der Waals surface area contributed by atoms with Gasteiger partial charge in [-0.1, -0.05) is 48.0 Å². The Labute approximate surface area is 208 Å². The number of methoxy groups -OCH3 is 2. The summed E-state index contributed by atoms with van der Waals surface area (Å²) in [4.78, 5) is 29.5. The Hall–Kier alpha value is -3.97. The van der Waals surface area contributed by atoms with Crippen molar-refractivity contribution in [3.05, 3.63) is 94.6 Å². The van der Waals surface area contributed by atoms with E-state index >= 15 is 0 Å². The zero-order chi connectivity index (χ0) is 24.8. The summed E-state index contributed by atoms with van der Waals surface area (Å²) in [6.07, 6.45) is 2.17. The van der Waals surface area contributed by atoms with Crippen LogP contribution in [0.25, 0.3) is 10.9 Å². The van der Waals surface area contributed by atoms with E-state index in [0.717, 1.165) is 22.0 Å². The number of benzene rings is 3. The molecule has 0 aliphatic rings. The third-order valence-corrected chi connectivity index (χ3v) is 6.08. The number of fused-ring (bicyclic) bond motifs is 1. The average Bonchev–Trinajstić information content (AvgIpc) is 3.29. The molecule has 8 heteroatoms. The normalized spacial score (nSPS) is 11.6. The molecule has 35 heavy (non-hydrogen) atoms. The van der Waals surface area contributed by atoms with Gasteiger partial charge in [0.05, 0.1) is 24.8 Å². The zero-order valence-corrected chi connectivity index (χ0v) is 20.2. The monoisotopic (exact) mass is 491 g/mol. The van der Waals surface area contributed by atoms with E-state index in [1.807, 2.05) is 36.5 Å². The first-order valence-electron chi connectivity index (χ1n) is 11.1. The molecule has 4 rings (SSSR count). The van der Waals surface area contributed by atoms with E-state index in [4.69, 9.17) is 21.1 Å². The summed E-state index contributed by atoms with van der Waals surface area (Å²) in [6, 6.07) is 19.2. The third kappa shape index (κ3) is 5.58. The maximum atomic E-state index is 13.3. The smallest absolute Gasteiger partial charge is 0.253 e. The van der Waals surface area contributed by atoms with Gasteiger partial charge in [-0.15, -0.1) is 0 Å². The van der Waals surface area contributed by atoms with E-state index in [-0.39, 0.29) is 12.5 Å². The van der Waals surface area contributed by atoms with Crippen LogP contribution in [0.15, 0.2) is 72.9 Å². The fraction of sp³-hybridized carbons (Fsp3) is 0.185. The predicted octanol–water partition coefficient (Wildman–Crippen LogP) is 4.50. The first-order chi connectivity index (χ1) is 17.0. The lowest BCUT2D eigenvalue weighted by molar-refractivity contribution is -0.123. The quantitative estimate of drug-likeness (QED) is 0.321. The van der Waals surface area contributed by atoms with Crippen LogP contribution >= 0.6 is 11.6 Å². The van der Waals surface area contributed by atoms with Crippen LogP contribution in [0.1, 0.15) is 21.5 Å². The number of aromatic amines is 1. The number of amides is 2. The highest BCUT2D eigenvalue weighted by atomic mass is 35.5. The topological polar surface area (TPSA) is 92.5 Å². The van der Waals surface area contributed by atoms with Crippen molar-refractivity contribution in [1.82, 2.24) is 15.6 Å². The van der Waals surface area contributed by atoms with E-state index in [2.05, 4.69) is 15.6 Å². The molecular formula is C27H26ClN3O4. The van der Waals surface area contributed by atoms with Crippen LogP contribution < -0.4 is 20.1 Å². The fourth-order valence-electron chi connectivity index (χ4n) is 3.91. The minimum absolute atomic E-state index is 0.255. The first-order valence-corrected chi connectivity index (χ1v) is 11.5. The maximum absolute atomic E-state index is 13.3. The van der Waals surface area contributed by atoms with Crippen molar-refractivity contribution in [2.24, 2.45) is 0 Å². The minimum atomic E-state index is -0.821. The number of halogens is 1. The van der Waals surface area contributed by atoms with Gasteiger partial charge < -0.3 is 25.1 Å². The SMILES string of the molecule is COc1ccc(CNC(=O)[C@@H](Cc2c[nH]c3ccccc23)NC(=O)c2ccccc2Cl)cc1OC. The largest absolute Gasteiger partial charge is 0.493 e. The van der Waals surface area contributed by atoms with Crippen LogP contribution in [0.3, 0.4) is 0 Å². The summed E-state index contributed by atoms with van der Waals surface area (Å²) in [5.74, 6) is 0.445. The second-order valence-electron chi connectivity index (χ2n) is 7.98. The standard InChI is InChI=1S/C27H26ClN3O4/c1-34-24-12-11-17(13-25(24)35-2)15-30-27(33)23(31-26(32)20-8-3-5-9-21(20)28)14-18-16-29-22-10-6-4-7-19(18)22/h3-13,16,23,29H,14-15H2,1-2H3,(H,30,33)(H,31,32)/t23-/m1/s1. The van der Waals surface area contributed by atoms with Crippen LogP contribution in [-0.2, 0) is 17.8 Å². The Morgan fingerprint density at radius 2 is 1.71 bits per heavy atom. The fourth-order valence-corrected chi connectivity index (χ4v) is 4.14. The van der Waals surface area contributed by atoms with Crippen molar-refractivity contribution in [3.63, 3.8) is 0 Å². The van der Waals surface area contributed by atoms with Gasteiger partial charge in [0.15, 0.2) is 11.5 Å². The highest BCUT2D eigenvalue weighted by Gasteiger charge is 2.24. The van der Waals surface area contributed by atoms with Gasteiger partial charge in [-0.2, -0.15) is 0 Å². The molecule has 0 saturated heterocycles. The first kappa shape index (κ1) is 24.2. The molecule has 0 aliphatic heterocycles. The van der Waals surface area contributed by atoms with E-state index in [0.29, 0.717) is 28.5 Å². The number of rotatable bonds is 9. The molecule has 1 heterocycles. The Kier molecular flexibility index (Phi) is 7.57. The summed E-state index contributed by atoms with van der Waals surface area (Å²) in [6.45, 7) is 0.255. The summed E-state index contributed by atoms with van der Waals surface area (Å²) < 4.78 is 10.6. The van der Waals surface area contributed by atoms with Crippen LogP contribution in [-0.4, -0.2) is 37.1 Å². The van der Waals surface area contributed by atoms with Gasteiger partial charge in [-0.3, -0.25) is 9.59 Å². The molecule has 3 aromatic carbocycles. The number of nitrogens with one attached hydrogen (secondary N) is 3. The lowest BCUT2D eigenvalue weighted by Crippen LogP contribution is -2.47. The Balaban J connectivity index is 1.55. The molecule has 3 N–H and O–H groups in total. The molecule has 1 atom stereocenters. The number of carbonyl (C=O) groups excluding carboxylic acids is 2. The summed E-state index contributed by atoms with van der Waals surface area (Å²) >= 11 is 6.21. The van der Waals surface area contributed by atoms with Crippen molar-refractivity contribution in [3.8, 4) is 11.5 Å². The van der Waals surface area contributed by atoms with Crippen LogP contribution in [0.2, 0.25) is 5.02 Å². The van der Waals surface area contributed by atoms with Crippen molar-refractivity contribution in [1.29, 1.82) is 0 Å². The Morgan fingerprint density at radius 1 is 0.971 bits per heavy atom. The highest BCUT2D eigenvalue weighted by Crippen LogP contribution is 2.27. The number of hydrogen-bond acceptors (Lipinski definition) is 4. The highest BCUT2D eigenvalue weighted by molar-refractivity contribution is 6.33. The van der Waals surface area contributed by atoms with Gasteiger partial charge >= 0.3 is 0 Å². The molecule has 0 unspecified atom stereocenters. The van der Waals surface area contributed by atoms with Crippen molar-refractivity contribution in [2.45, 2.75) is 19.0 Å². The number of hydrogen-bond donors (Lipinski definition) is 3. The predicted molar refractivity (Wildman–Crippen MR) is 136 cm³/mol. The van der Waals surface area contributed by atoms with Crippen molar-refractivity contribution < 1.29 is 19.1 Å². The molecule has 0 saturated carbocycles. The van der Waals surface area contributed by atoms with Crippen LogP contribution in [0, 0.1) is 0 Å². The Bertz CT molecular complexity index is 1350. The summed E-state index contributed by atoms with van der Waals surface area (Å²) in [5.41, 5.74) is 3.03. The number of ether oxygens (including phenoxy) is 2. The molecule has 0 aliphatic carbocycles.